The van der Waals surface area contributed by atoms with Gasteiger partial charge in [-0.25, -0.2) is 0 Å². The maximum atomic E-state index is 11.8. The number of carbonyl (C=O) groups excluding carboxylic acids is 1. The minimum Gasteiger partial charge on any atom is -0.355 e. The van der Waals surface area contributed by atoms with Crippen molar-refractivity contribution in [3.8, 4) is 0 Å². The normalized spacial score (nSPS) is 29.0. The number of amides is 1. The van der Waals surface area contributed by atoms with E-state index >= 15 is 0 Å². The van der Waals surface area contributed by atoms with Crippen molar-refractivity contribution >= 4 is 5.91 Å². The van der Waals surface area contributed by atoms with Gasteiger partial charge in [-0.15, -0.1) is 0 Å². The first-order chi connectivity index (χ1) is 7.85. The van der Waals surface area contributed by atoms with Gasteiger partial charge in [-0.2, -0.15) is 0 Å². The standard InChI is InChI=1S/C14H28N2O/c1-6-7-15-13(17)11(3)16-12-9-14(4,5)8-10(12)2/h10-12,16H,6-9H2,1-5H3,(H,15,17). The summed E-state index contributed by atoms with van der Waals surface area (Å²) < 4.78 is 0. The molecule has 1 aliphatic rings. The Morgan fingerprint density at radius 3 is 2.53 bits per heavy atom. The summed E-state index contributed by atoms with van der Waals surface area (Å²) in [6, 6.07) is 0.398. The van der Waals surface area contributed by atoms with Crippen LogP contribution >= 0.6 is 0 Å². The number of hydrogen-bond donors (Lipinski definition) is 2. The first-order valence-electron chi connectivity index (χ1n) is 6.89. The fourth-order valence-electron chi connectivity index (χ4n) is 2.92. The summed E-state index contributed by atoms with van der Waals surface area (Å²) in [6.45, 7) is 11.7. The first-order valence-corrected chi connectivity index (χ1v) is 6.89. The molecule has 3 atom stereocenters. The molecule has 1 fully saturated rings. The summed E-state index contributed by atoms with van der Waals surface area (Å²) in [5.74, 6) is 0.787. The van der Waals surface area contributed by atoms with E-state index in [0.29, 0.717) is 17.4 Å². The zero-order valence-corrected chi connectivity index (χ0v) is 12.0. The van der Waals surface area contributed by atoms with Crippen molar-refractivity contribution in [2.45, 2.75) is 66.0 Å². The number of carbonyl (C=O) groups is 1. The Balaban J connectivity index is 2.41. The third-order valence-corrected chi connectivity index (χ3v) is 3.74. The Labute approximate surface area is 106 Å². The Hall–Kier alpha value is -0.570. The van der Waals surface area contributed by atoms with Gasteiger partial charge in [0.1, 0.15) is 0 Å². The van der Waals surface area contributed by atoms with Crippen LogP contribution in [0.1, 0.15) is 53.9 Å². The van der Waals surface area contributed by atoms with Gasteiger partial charge < -0.3 is 10.6 Å². The molecule has 3 nitrogen and oxygen atoms in total. The van der Waals surface area contributed by atoms with Crippen LogP contribution in [0.2, 0.25) is 0 Å². The lowest BCUT2D eigenvalue weighted by Crippen LogP contribution is -2.47. The summed E-state index contributed by atoms with van der Waals surface area (Å²) in [4.78, 5) is 11.8. The van der Waals surface area contributed by atoms with Crippen molar-refractivity contribution in [1.82, 2.24) is 10.6 Å². The lowest BCUT2D eigenvalue weighted by Gasteiger charge is -2.23. The molecule has 100 valence electrons. The van der Waals surface area contributed by atoms with Crippen LogP contribution in [0.25, 0.3) is 0 Å². The summed E-state index contributed by atoms with van der Waals surface area (Å²) in [6.07, 6.45) is 3.40. The van der Waals surface area contributed by atoms with Crippen molar-refractivity contribution in [2.75, 3.05) is 6.54 Å². The summed E-state index contributed by atoms with van der Waals surface area (Å²) in [5.41, 5.74) is 0.413. The number of rotatable bonds is 5. The van der Waals surface area contributed by atoms with Crippen LogP contribution in [-0.4, -0.2) is 24.5 Å². The minimum atomic E-state index is -0.0806. The average molecular weight is 240 g/mol. The molecule has 0 aromatic heterocycles. The molecule has 1 rings (SSSR count). The van der Waals surface area contributed by atoms with Gasteiger partial charge in [0.05, 0.1) is 6.04 Å². The second-order valence-corrected chi connectivity index (χ2v) is 6.34. The summed E-state index contributed by atoms with van der Waals surface area (Å²) in [7, 11) is 0. The number of nitrogens with one attached hydrogen (secondary N) is 2. The quantitative estimate of drug-likeness (QED) is 0.774. The highest BCUT2D eigenvalue weighted by Crippen LogP contribution is 2.40. The van der Waals surface area contributed by atoms with Crippen LogP contribution < -0.4 is 10.6 Å². The van der Waals surface area contributed by atoms with E-state index in [-0.39, 0.29) is 11.9 Å². The van der Waals surface area contributed by atoms with Gasteiger partial charge in [0.15, 0.2) is 0 Å². The van der Waals surface area contributed by atoms with Gasteiger partial charge in [-0.3, -0.25) is 4.79 Å². The Morgan fingerprint density at radius 2 is 2.06 bits per heavy atom. The van der Waals surface area contributed by atoms with Crippen molar-refractivity contribution in [2.24, 2.45) is 11.3 Å². The molecular weight excluding hydrogens is 212 g/mol. The number of hydrogen-bond acceptors (Lipinski definition) is 2. The fourth-order valence-corrected chi connectivity index (χ4v) is 2.92. The molecule has 0 aromatic carbocycles. The maximum absolute atomic E-state index is 11.8. The lowest BCUT2D eigenvalue weighted by molar-refractivity contribution is -0.123. The van der Waals surface area contributed by atoms with E-state index in [4.69, 9.17) is 0 Å². The van der Waals surface area contributed by atoms with Crippen LogP contribution in [0.3, 0.4) is 0 Å². The average Bonchev–Trinajstić information content (AvgIpc) is 2.48. The predicted octanol–water partition coefficient (Wildman–Crippen LogP) is 2.32. The molecule has 17 heavy (non-hydrogen) atoms. The van der Waals surface area contributed by atoms with E-state index in [2.05, 4.69) is 38.3 Å². The smallest absolute Gasteiger partial charge is 0.236 e. The molecule has 2 N–H and O–H groups in total. The van der Waals surface area contributed by atoms with Gasteiger partial charge in [0.25, 0.3) is 0 Å². The molecule has 0 spiro atoms. The van der Waals surface area contributed by atoms with Gasteiger partial charge in [0.2, 0.25) is 5.91 Å². The molecule has 1 amide bonds. The zero-order chi connectivity index (χ0) is 13.1. The minimum absolute atomic E-state index is 0.0806. The highest BCUT2D eigenvalue weighted by molar-refractivity contribution is 5.81. The van der Waals surface area contributed by atoms with Crippen molar-refractivity contribution in [3.05, 3.63) is 0 Å². The van der Waals surface area contributed by atoms with Crippen LogP contribution in [0.15, 0.2) is 0 Å². The summed E-state index contributed by atoms with van der Waals surface area (Å²) in [5, 5.41) is 6.42. The maximum Gasteiger partial charge on any atom is 0.236 e. The van der Waals surface area contributed by atoms with Crippen LogP contribution in [0.5, 0.6) is 0 Å². The van der Waals surface area contributed by atoms with Gasteiger partial charge >= 0.3 is 0 Å². The predicted molar refractivity (Wildman–Crippen MR) is 71.9 cm³/mol. The van der Waals surface area contributed by atoms with E-state index < -0.39 is 0 Å². The Bertz CT molecular complexity index is 263. The molecule has 3 unspecified atom stereocenters. The highest BCUT2D eigenvalue weighted by Gasteiger charge is 2.37. The van der Waals surface area contributed by atoms with Gasteiger partial charge in [0, 0.05) is 12.6 Å². The molecule has 1 aliphatic carbocycles. The van der Waals surface area contributed by atoms with Gasteiger partial charge in [-0.1, -0.05) is 27.7 Å². The molecule has 1 saturated carbocycles. The largest absolute Gasteiger partial charge is 0.355 e. The summed E-state index contributed by atoms with van der Waals surface area (Å²) >= 11 is 0. The molecule has 0 bridgehead atoms. The molecule has 3 heteroatoms. The van der Waals surface area contributed by atoms with E-state index in [1.54, 1.807) is 0 Å². The molecule has 0 heterocycles. The highest BCUT2D eigenvalue weighted by atomic mass is 16.2. The Kier molecular flexibility index (Phi) is 4.99. The third kappa shape index (κ3) is 4.30. The van der Waals surface area contributed by atoms with E-state index in [1.165, 1.54) is 12.8 Å². The molecule has 0 saturated heterocycles. The zero-order valence-electron chi connectivity index (χ0n) is 12.0. The Morgan fingerprint density at radius 1 is 1.41 bits per heavy atom. The van der Waals surface area contributed by atoms with Crippen molar-refractivity contribution in [3.63, 3.8) is 0 Å². The topological polar surface area (TPSA) is 41.1 Å². The van der Waals surface area contributed by atoms with Crippen LogP contribution in [-0.2, 0) is 4.79 Å². The lowest BCUT2D eigenvalue weighted by atomic mass is 9.91. The van der Waals surface area contributed by atoms with Crippen LogP contribution in [0, 0.1) is 11.3 Å². The van der Waals surface area contributed by atoms with Crippen molar-refractivity contribution in [1.29, 1.82) is 0 Å². The third-order valence-electron chi connectivity index (χ3n) is 3.74. The van der Waals surface area contributed by atoms with E-state index in [1.807, 2.05) is 6.92 Å². The van der Waals surface area contributed by atoms with Gasteiger partial charge in [-0.05, 0) is 37.5 Å². The van der Waals surface area contributed by atoms with E-state index in [0.717, 1.165) is 13.0 Å². The molecule has 0 aromatic rings. The van der Waals surface area contributed by atoms with Crippen molar-refractivity contribution < 1.29 is 4.79 Å². The second kappa shape index (κ2) is 5.85. The van der Waals surface area contributed by atoms with E-state index in [9.17, 15) is 4.79 Å². The SMILES string of the molecule is CCCNC(=O)C(C)NC1CC(C)(C)CC1C. The molecule has 0 radical (unpaired) electrons. The fraction of sp³-hybridized carbons (Fsp3) is 0.929. The monoisotopic (exact) mass is 240 g/mol. The molecular formula is C14H28N2O. The molecule has 0 aliphatic heterocycles. The second-order valence-electron chi connectivity index (χ2n) is 6.34. The first kappa shape index (κ1) is 14.5. The van der Waals surface area contributed by atoms with Crippen LogP contribution in [0.4, 0.5) is 0 Å².